The van der Waals surface area contributed by atoms with Crippen molar-refractivity contribution < 1.29 is 14.1 Å². The molecule has 0 aliphatic carbocycles. The highest BCUT2D eigenvalue weighted by molar-refractivity contribution is 5.81. The van der Waals surface area contributed by atoms with Crippen LogP contribution in [0.5, 0.6) is 5.75 Å². The summed E-state index contributed by atoms with van der Waals surface area (Å²) in [5, 5.41) is 3.82. The van der Waals surface area contributed by atoms with Gasteiger partial charge in [-0.2, -0.15) is 4.98 Å². The highest BCUT2D eigenvalue weighted by Gasteiger charge is 2.31. The smallest absolute Gasteiger partial charge is 0.263 e. The minimum atomic E-state index is -0.365. The molecular weight excluding hydrogens is 332 g/mol. The first-order valence-corrected chi connectivity index (χ1v) is 9.15. The van der Waals surface area contributed by atoms with Crippen LogP contribution in [0, 0.1) is 13.8 Å². The van der Waals surface area contributed by atoms with Gasteiger partial charge in [0.05, 0.1) is 6.54 Å². The lowest BCUT2D eigenvalue weighted by Gasteiger charge is -2.36. The Kier molecular flexibility index (Phi) is 4.63. The van der Waals surface area contributed by atoms with Crippen molar-refractivity contribution in [2.45, 2.75) is 39.3 Å². The number of aryl methyl sites for hydroxylation is 3. The Morgan fingerprint density at radius 2 is 2.04 bits per heavy atom. The topological polar surface area (TPSA) is 71.7 Å². The number of fused-ring (bicyclic) bond motifs is 1. The molecular formula is C19H24N4O3. The van der Waals surface area contributed by atoms with Crippen LogP contribution in [-0.2, 0) is 17.8 Å². The molecule has 0 radical (unpaired) electrons. The van der Waals surface area contributed by atoms with Crippen LogP contribution in [0.1, 0.15) is 29.3 Å². The van der Waals surface area contributed by atoms with E-state index in [0.29, 0.717) is 31.3 Å². The monoisotopic (exact) mass is 356 g/mol. The van der Waals surface area contributed by atoms with Crippen LogP contribution in [0.2, 0.25) is 0 Å². The fourth-order valence-electron chi connectivity index (χ4n) is 3.62. The van der Waals surface area contributed by atoms with Crippen molar-refractivity contribution in [3.63, 3.8) is 0 Å². The zero-order valence-electron chi connectivity index (χ0n) is 15.3. The van der Waals surface area contributed by atoms with E-state index >= 15 is 0 Å². The molecule has 0 saturated carbocycles. The van der Waals surface area contributed by atoms with Gasteiger partial charge in [-0.25, -0.2) is 0 Å². The van der Waals surface area contributed by atoms with Gasteiger partial charge in [-0.05, 0) is 38.3 Å². The van der Waals surface area contributed by atoms with Crippen molar-refractivity contribution in [1.29, 1.82) is 0 Å². The van der Waals surface area contributed by atoms with Gasteiger partial charge < -0.3 is 14.2 Å². The maximum atomic E-state index is 12.8. The lowest BCUT2D eigenvalue weighted by Crippen LogP contribution is -2.52. The van der Waals surface area contributed by atoms with Gasteiger partial charge in [0.25, 0.3) is 5.91 Å². The number of hydrogen-bond donors (Lipinski definition) is 0. The number of benzene rings is 1. The molecule has 1 aromatic heterocycles. The first-order valence-electron chi connectivity index (χ1n) is 9.15. The molecule has 0 unspecified atom stereocenters. The summed E-state index contributed by atoms with van der Waals surface area (Å²) in [5.74, 6) is 2.23. The predicted octanol–water partition coefficient (Wildman–Crippen LogP) is 1.72. The quantitative estimate of drug-likeness (QED) is 0.834. The van der Waals surface area contributed by atoms with Crippen molar-refractivity contribution >= 4 is 5.91 Å². The SMILES string of the molecule is Cc1ccc2c(c1)CC[C@@H](C(=O)N1CCN(Cc3nc(C)no3)CC1)O2. The Balaban J connectivity index is 1.32. The molecule has 1 amide bonds. The highest BCUT2D eigenvalue weighted by atomic mass is 16.5. The fraction of sp³-hybridized carbons (Fsp3) is 0.526. The Morgan fingerprint density at radius 1 is 1.23 bits per heavy atom. The highest BCUT2D eigenvalue weighted by Crippen LogP contribution is 2.29. The van der Waals surface area contributed by atoms with Crippen molar-refractivity contribution in [1.82, 2.24) is 19.9 Å². The molecule has 1 aromatic carbocycles. The van der Waals surface area contributed by atoms with Gasteiger partial charge in [-0.15, -0.1) is 0 Å². The standard InChI is InChI=1S/C19H24N4O3/c1-13-3-5-16-15(11-13)4-6-17(25-16)19(24)23-9-7-22(8-10-23)12-18-20-14(2)21-26-18/h3,5,11,17H,4,6-10,12H2,1-2H3/t17-/m0/s1. The summed E-state index contributed by atoms with van der Waals surface area (Å²) >= 11 is 0. The molecule has 7 heteroatoms. The van der Waals surface area contributed by atoms with Gasteiger partial charge in [-0.1, -0.05) is 22.9 Å². The summed E-state index contributed by atoms with van der Waals surface area (Å²) in [6, 6.07) is 6.16. The molecule has 2 aliphatic heterocycles. The minimum absolute atomic E-state index is 0.101. The molecule has 1 atom stereocenters. The van der Waals surface area contributed by atoms with Crippen LogP contribution >= 0.6 is 0 Å². The third-order valence-electron chi connectivity index (χ3n) is 5.05. The van der Waals surface area contributed by atoms with Crippen LogP contribution in [0.25, 0.3) is 0 Å². The molecule has 2 aromatic rings. The van der Waals surface area contributed by atoms with Crippen LogP contribution in [0.15, 0.2) is 22.7 Å². The van der Waals surface area contributed by atoms with E-state index in [1.54, 1.807) is 0 Å². The maximum Gasteiger partial charge on any atom is 0.263 e. The van der Waals surface area contributed by atoms with Crippen LogP contribution < -0.4 is 4.74 Å². The number of aromatic nitrogens is 2. The average molecular weight is 356 g/mol. The lowest BCUT2D eigenvalue weighted by molar-refractivity contribution is -0.141. The normalized spacial score (nSPS) is 20.5. The Bertz CT molecular complexity index is 796. The number of piperazine rings is 1. The number of ether oxygens (including phenoxy) is 1. The van der Waals surface area contributed by atoms with Gasteiger partial charge in [0, 0.05) is 26.2 Å². The summed E-state index contributed by atoms with van der Waals surface area (Å²) in [6.45, 7) is 7.53. The van der Waals surface area contributed by atoms with Gasteiger partial charge in [0.1, 0.15) is 5.75 Å². The molecule has 4 rings (SSSR count). The first kappa shape index (κ1) is 17.0. The zero-order valence-corrected chi connectivity index (χ0v) is 15.3. The Labute approximate surface area is 152 Å². The molecule has 2 aliphatic rings. The molecule has 3 heterocycles. The van der Waals surface area contributed by atoms with E-state index in [1.165, 1.54) is 11.1 Å². The van der Waals surface area contributed by atoms with Gasteiger partial charge in [-0.3, -0.25) is 9.69 Å². The third-order valence-corrected chi connectivity index (χ3v) is 5.05. The molecule has 7 nitrogen and oxygen atoms in total. The second-order valence-corrected chi connectivity index (χ2v) is 7.09. The van der Waals surface area contributed by atoms with E-state index in [0.717, 1.165) is 31.7 Å². The fourth-order valence-corrected chi connectivity index (χ4v) is 3.62. The molecule has 26 heavy (non-hydrogen) atoms. The molecule has 1 saturated heterocycles. The predicted molar refractivity (Wildman–Crippen MR) is 94.8 cm³/mol. The van der Waals surface area contributed by atoms with Crippen molar-refractivity contribution in [2.24, 2.45) is 0 Å². The van der Waals surface area contributed by atoms with E-state index < -0.39 is 0 Å². The summed E-state index contributed by atoms with van der Waals surface area (Å²) in [6.07, 6.45) is 1.27. The molecule has 138 valence electrons. The van der Waals surface area contributed by atoms with Crippen molar-refractivity contribution in [3.05, 3.63) is 41.0 Å². The van der Waals surface area contributed by atoms with E-state index in [4.69, 9.17) is 9.26 Å². The number of rotatable bonds is 3. The summed E-state index contributed by atoms with van der Waals surface area (Å²) < 4.78 is 11.2. The van der Waals surface area contributed by atoms with Gasteiger partial charge >= 0.3 is 0 Å². The largest absolute Gasteiger partial charge is 0.480 e. The van der Waals surface area contributed by atoms with E-state index in [-0.39, 0.29) is 12.0 Å². The van der Waals surface area contributed by atoms with Gasteiger partial charge in [0.2, 0.25) is 5.89 Å². The van der Waals surface area contributed by atoms with Crippen molar-refractivity contribution in [2.75, 3.05) is 26.2 Å². The van der Waals surface area contributed by atoms with Gasteiger partial charge in [0.15, 0.2) is 11.9 Å². The van der Waals surface area contributed by atoms with E-state index in [1.807, 2.05) is 24.0 Å². The minimum Gasteiger partial charge on any atom is -0.480 e. The summed E-state index contributed by atoms with van der Waals surface area (Å²) in [5.41, 5.74) is 2.43. The number of carbonyl (C=O) groups is 1. The number of hydrogen-bond acceptors (Lipinski definition) is 6. The number of carbonyl (C=O) groups excluding carboxylic acids is 1. The second kappa shape index (κ2) is 7.07. The molecule has 0 bridgehead atoms. The number of nitrogens with zero attached hydrogens (tertiary/aromatic N) is 4. The Morgan fingerprint density at radius 3 is 2.77 bits per heavy atom. The Hall–Kier alpha value is -2.41. The summed E-state index contributed by atoms with van der Waals surface area (Å²) in [7, 11) is 0. The molecule has 0 N–H and O–H groups in total. The van der Waals surface area contributed by atoms with E-state index in [2.05, 4.69) is 28.0 Å². The van der Waals surface area contributed by atoms with Crippen molar-refractivity contribution in [3.8, 4) is 5.75 Å². The maximum absolute atomic E-state index is 12.8. The van der Waals surface area contributed by atoms with Crippen LogP contribution in [0.4, 0.5) is 0 Å². The lowest BCUT2D eigenvalue weighted by atomic mass is 9.99. The molecule has 0 spiro atoms. The number of amides is 1. The average Bonchev–Trinajstić information content (AvgIpc) is 3.06. The summed E-state index contributed by atoms with van der Waals surface area (Å²) in [4.78, 5) is 21.2. The second-order valence-electron chi connectivity index (χ2n) is 7.09. The van der Waals surface area contributed by atoms with Crippen LogP contribution in [0.3, 0.4) is 0 Å². The molecule has 1 fully saturated rings. The first-order chi connectivity index (χ1) is 12.6. The van der Waals surface area contributed by atoms with Crippen LogP contribution in [-0.4, -0.2) is 58.1 Å². The third kappa shape index (κ3) is 3.58. The zero-order chi connectivity index (χ0) is 18.1. The van der Waals surface area contributed by atoms with E-state index in [9.17, 15) is 4.79 Å².